The Balaban J connectivity index is 1.95. The van der Waals surface area contributed by atoms with Gasteiger partial charge in [-0.2, -0.15) is 5.10 Å². The largest absolute Gasteiger partial charge is 0.274 e. The molecule has 0 bridgehead atoms. The van der Waals surface area contributed by atoms with Crippen molar-refractivity contribution in [3.05, 3.63) is 100 Å². The van der Waals surface area contributed by atoms with Crippen molar-refractivity contribution in [2.45, 2.75) is 6.54 Å². The summed E-state index contributed by atoms with van der Waals surface area (Å²) in [5.41, 5.74) is 1.56. The summed E-state index contributed by atoms with van der Waals surface area (Å²) >= 11 is 0. The predicted octanol–water partition coefficient (Wildman–Crippen LogP) is 4.39. The monoisotopic (exact) mass is 348 g/mol. The molecule has 26 heavy (non-hydrogen) atoms. The van der Waals surface area contributed by atoms with E-state index in [-0.39, 0.29) is 5.56 Å². The Morgan fingerprint density at radius 2 is 1.50 bits per heavy atom. The lowest BCUT2D eigenvalue weighted by atomic mass is 10.0. The fraction of sp³-hybridized carbons (Fsp3) is 0.0476. The van der Waals surface area contributed by atoms with E-state index in [4.69, 9.17) is 0 Å². The van der Waals surface area contributed by atoms with Gasteiger partial charge in [0.2, 0.25) is 0 Å². The smallest absolute Gasteiger partial charge is 0.267 e. The molecule has 128 valence electrons. The minimum absolute atomic E-state index is 0.226. The average Bonchev–Trinajstić information content (AvgIpc) is 2.67. The Morgan fingerprint density at radius 3 is 2.23 bits per heavy atom. The van der Waals surface area contributed by atoms with Gasteiger partial charge in [0.05, 0.1) is 17.6 Å². The highest BCUT2D eigenvalue weighted by Crippen LogP contribution is 2.26. The standard InChI is InChI=1S/C21H14F2N2O/c22-18-11-10-15(12-19(18)23)20-16-8-4-5-9-17(16)21(26)25(24-20)13-14-6-2-1-3-7-14/h1-12H,13H2. The molecule has 0 fully saturated rings. The Labute approximate surface area is 148 Å². The van der Waals surface area contributed by atoms with Crippen LogP contribution in [0.4, 0.5) is 8.78 Å². The molecule has 0 atom stereocenters. The van der Waals surface area contributed by atoms with Crippen LogP contribution in [-0.2, 0) is 6.54 Å². The van der Waals surface area contributed by atoms with E-state index in [9.17, 15) is 13.6 Å². The van der Waals surface area contributed by atoms with Crippen LogP contribution in [0.25, 0.3) is 22.0 Å². The molecule has 3 nitrogen and oxygen atoms in total. The molecule has 0 aliphatic heterocycles. The molecule has 0 spiro atoms. The van der Waals surface area contributed by atoms with Crippen molar-refractivity contribution in [1.82, 2.24) is 9.78 Å². The van der Waals surface area contributed by atoms with Crippen LogP contribution < -0.4 is 5.56 Å². The minimum atomic E-state index is -0.950. The zero-order valence-corrected chi connectivity index (χ0v) is 13.7. The first-order valence-corrected chi connectivity index (χ1v) is 8.13. The second-order valence-electron chi connectivity index (χ2n) is 5.97. The molecule has 1 heterocycles. The molecule has 0 aliphatic carbocycles. The number of hydrogen-bond donors (Lipinski definition) is 0. The molecule has 1 aromatic heterocycles. The molecule has 3 aromatic carbocycles. The predicted molar refractivity (Wildman–Crippen MR) is 96.9 cm³/mol. The van der Waals surface area contributed by atoms with Crippen LogP contribution in [0.2, 0.25) is 0 Å². The highest BCUT2D eigenvalue weighted by molar-refractivity contribution is 5.93. The fourth-order valence-corrected chi connectivity index (χ4v) is 2.96. The van der Waals surface area contributed by atoms with E-state index in [2.05, 4.69) is 5.10 Å². The number of rotatable bonds is 3. The summed E-state index contributed by atoms with van der Waals surface area (Å²) in [6.07, 6.45) is 0. The molecule has 0 unspecified atom stereocenters. The molecule has 0 N–H and O–H groups in total. The summed E-state index contributed by atoms with van der Waals surface area (Å²) in [4.78, 5) is 12.8. The lowest BCUT2D eigenvalue weighted by molar-refractivity contribution is 0.509. The van der Waals surface area contributed by atoms with Crippen LogP contribution in [0, 0.1) is 11.6 Å². The van der Waals surface area contributed by atoms with Crippen LogP contribution in [0.3, 0.4) is 0 Å². The van der Waals surface area contributed by atoms with E-state index in [1.165, 1.54) is 10.7 Å². The van der Waals surface area contributed by atoms with E-state index >= 15 is 0 Å². The van der Waals surface area contributed by atoms with Crippen LogP contribution in [0.15, 0.2) is 77.6 Å². The molecule has 0 radical (unpaired) electrons. The zero-order valence-electron chi connectivity index (χ0n) is 13.7. The van der Waals surface area contributed by atoms with Gasteiger partial charge in [-0.1, -0.05) is 48.5 Å². The topological polar surface area (TPSA) is 34.9 Å². The highest BCUT2D eigenvalue weighted by Gasteiger charge is 2.14. The van der Waals surface area contributed by atoms with Crippen molar-refractivity contribution in [2.75, 3.05) is 0 Å². The van der Waals surface area contributed by atoms with Crippen LogP contribution >= 0.6 is 0 Å². The van der Waals surface area contributed by atoms with Gasteiger partial charge in [-0.05, 0) is 29.8 Å². The molecule has 4 aromatic rings. The van der Waals surface area contributed by atoms with Crippen molar-refractivity contribution in [3.8, 4) is 11.3 Å². The van der Waals surface area contributed by atoms with Crippen LogP contribution in [0.5, 0.6) is 0 Å². The summed E-state index contributed by atoms with van der Waals surface area (Å²) in [6.45, 7) is 0.293. The SMILES string of the molecule is O=c1c2ccccc2c(-c2ccc(F)c(F)c2)nn1Cc1ccccc1. The van der Waals surface area contributed by atoms with Crippen molar-refractivity contribution in [3.63, 3.8) is 0 Å². The Bertz CT molecular complexity index is 1150. The van der Waals surface area contributed by atoms with E-state index in [0.717, 1.165) is 17.7 Å². The van der Waals surface area contributed by atoms with Crippen LogP contribution in [0.1, 0.15) is 5.56 Å². The summed E-state index contributed by atoms with van der Waals surface area (Å²) < 4.78 is 28.4. The molecular weight excluding hydrogens is 334 g/mol. The molecule has 0 aliphatic rings. The Hall–Kier alpha value is -3.34. The molecule has 0 amide bonds. The molecule has 4 rings (SSSR count). The first-order valence-electron chi connectivity index (χ1n) is 8.13. The maximum absolute atomic E-state index is 13.7. The van der Waals surface area contributed by atoms with Gasteiger partial charge >= 0.3 is 0 Å². The van der Waals surface area contributed by atoms with Crippen molar-refractivity contribution in [2.24, 2.45) is 0 Å². The van der Waals surface area contributed by atoms with E-state index in [1.807, 2.05) is 30.3 Å². The number of nitrogens with zero attached hydrogens (tertiary/aromatic N) is 2. The summed E-state index contributed by atoms with van der Waals surface area (Å²) in [5.74, 6) is -1.87. The first-order chi connectivity index (χ1) is 12.6. The summed E-state index contributed by atoms with van der Waals surface area (Å²) in [5, 5.41) is 5.54. The highest BCUT2D eigenvalue weighted by atomic mass is 19.2. The van der Waals surface area contributed by atoms with Crippen molar-refractivity contribution in [1.29, 1.82) is 0 Å². The molecule has 0 saturated heterocycles. The first kappa shape index (κ1) is 16.1. The number of fused-ring (bicyclic) bond motifs is 1. The second-order valence-corrected chi connectivity index (χ2v) is 5.97. The van der Waals surface area contributed by atoms with Gasteiger partial charge in [0.1, 0.15) is 0 Å². The normalized spacial score (nSPS) is 11.0. The molecule has 5 heteroatoms. The lowest BCUT2D eigenvalue weighted by Gasteiger charge is -2.11. The summed E-state index contributed by atoms with van der Waals surface area (Å²) in [7, 11) is 0. The maximum atomic E-state index is 13.7. The van der Waals surface area contributed by atoms with Gasteiger partial charge in [-0.15, -0.1) is 0 Å². The van der Waals surface area contributed by atoms with Gasteiger partial charge in [-0.25, -0.2) is 13.5 Å². The number of benzene rings is 3. The van der Waals surface area contributed by atoms with E-state index < -0.39 is 11.6 Å². The van der Waals surface area contributed by atoms with Crippen LogP contribution in [-0.4, -0.2) is 9.78 Å². The van der Waals surface area contributed by atoms with Gasteiger partial charge in [0, 0.05) is 10.9 Å². The van der Waals surface area contributed by atoms with E-state index in [1.54, 1.807) is 24.3 Å². The minimum Gasteiger partial charge on any atom is -0.267 e. The van der Waals surface area contributed by atoms with Gasteiger partial charge in [0.25, 0.3) is 5.56 Å². The maximum Gasteiger partial charge on any atom is 0.274 e. The zero-order chi connectivity index (χ0) is 18.1. The number of hydrogen-bond acceptors (Lipinski definition) is 2. The van der Waals surface area contributed by atoms with Gasteiger partial charge < -0.3 is 0 Å². The lowest BCUT2D eigenvalue weighted by Crippen LogP contribution is -2.24. The molecular formula is C21H14F2N2O. The average molecular weight is 348 g/mol. The quantitative estimate of drug-likeness (QED) is 0.550. The number of halogens is 2. The number of aromatic nitrogens is 2. The van der Waals surface area contributed by atoms with E-state index in [0.29, 0.717) is 28.6 Å². The third-order valence-corrected chi connectivity index (χ3v) is 4.24. The summed E-state index contributed by atoms with van der Waals surface area (Å²) in [6, 6.07) is 20.1. The Morgan fingerprint density at radius 1 is 0.808 bits per heavy atom. The van der Waals surface area contributed by atoms with Gasteiger partial charge in [-0.3, -0.25) is 4.79 Å². The fourth-order valence-electron chi connectivity index (χ4n) is 2.96. The van der Waals surface area contributed by atoms with Crippen molar-refractivity contribution >= 4 is 10.8 Å². The Kier molecular flexibility index (Phi) is 4.05. The van der Waals surface area contributed by atoms with Gasteiger partial charge in [0.15, 0.2) is 11.6 Å². The third-order valence-electron chi connectivity index (χ3n) is 4.24. The molecule has 0 saturated carbocycles. The third kappa shape index (κ3) is 2.88. The second kappa shape index (κ2) is 6.52. The van der Waals surface area contributed by atoms with Crippen molar-refractivity contribution < 1.29 is 8.78 Å².